The molecule has 0 amide bonds. The fourth-order valence-corrected chi connectivity index (χ4v) is 7.48. The molecule has 0 spiro atoms. The SMILES string of the molecule is CCCCCCCCCCCCCCc1ccc2cccc(CCCCCCCCCCCCCC)c2c1S(=O)(=O)O. The van der Waals surface area contributed by atoms with E-state index in [4.69, 9.17) is 0 Å². The van der Waals surface area contributed by atoms with E-state index in [0.29, 0.717) is 6.42 Å². The van der Waals surface area contributed by atoms with Gasteiger partial charge in [-0.3, -0.25) is 4.55 Å². The van der Waals surface area contributed by atoms with Crippen LogP contribution in [0.1, 0.15) is 179 Å². The van der Waals surface area contributed by atoms with Gasteiger partial charge in [0, 0.05) is 5.39 Å². The summed E-state index contributed by atoms with van der Waals surface area (Å²) >= 11 is 0. The molecule has 0 unspecified atom stereocenters. The van der Waals surface area contributed by atoms with Gasteiger partial charge in [0.1, 0.15) is 4.90 Å². The van der Waals surface area contributed by atoms with Crippen LogP contribution in [0.3, 0.4) is 0 Å². The molecule has 0 fully saturated rings. The summed E-state index contributed by atoms with van der Waals surface area (Å²) in [4.78, 5) is 0.164. The third kappa shape index (κ3) is 15.4. The molecule has 1 N–H and O–H groups in total. The molecule has 0 saturated carbocycles. The summed E-state index contributed by atoms with van der Waals surface area (Å²) < 4.78 is 35.7. The molecular formula is C38H64O3S. The molecule has 0 atom stereocenters. The first kappa shape index (κ1) is 36.8. The Kier molecular flexibility index (Phi) is 20.2. The van der Waals surface area contributed by atoms with Crippen LogP contribution in [0.15, 0.2) is 35.2 Å². The molecule has 0 saturated heterocycles. The van der Waals surface area contributed by atoms with Crippen molar-refractivity contribution >= 4 is 20.9 Å². The van der Waals surface area contributed by atoms with E-state index in [1.807, 2.05) is 24.3 Å². The molecule has 0 radical (unpaired) electrons. The minimum absolute atomic E-state index is 0.164. The quantitative estimate of drug-likeness (QED) is 0.0819. The van der Waals surface area contributed by atoms with Crippen LogP contribution >= 0.6 is 0 Å². The van der Waals surface area contributed by atoms with Crippen molar-refractivity contribution in [1.29, 1.82) is 0 Å². The molecule has 42 heavy (non-hydrogen) atoms. The first-order valence-corrected chi connectivity index (χ1v) is 19.4. The standard InChI is InChI=1S/C38H64O3S/c1-3-5-7-9-11-13-15-17-19-21-23-25-28-34-30-27-31-35-32-33-36(38(37(34)35)42(39,40)41)29-26-24-22-20-18-16-14-12-10-8-6-4-2/h27,30-33H,3-26,28-29H2,1-2H3,(H,39,40,41). The molecule has 3 nitrogen and oxygen atoms in total. The fraction of sp³-hybridized carbons (Fsp3) is 0.737. The average molecular weight is 601 g/mol. The van der Waals surface area contributed by atoms with Crippen molar-refractivity contribution in [1.82, 2.24) is 0 Å². The first-order valence-electron chi connectivity index (χ1n) is 18.0. The smallest absolute Gasteiger partial charge is 0.282 e. The average Bonchev–Trinajstić information content (AvgIpc) is 2.97. The van der Waals surface area contributed by atoms with Gasteiger partial charge in [-0.1, -0.05) is 185 Å². The van der Waals surface area contributed by atoms with Crippen molar-refractivity contribution < 1.29 is 13.0 Å². The highest BCUT2D eigenvalue weighted by Gasteiger charge is 2.21. The molecule has 0 heterocycles. The van der Waals surface area contributed by atoms with Gasteiger partial charge >= 0.3 is 0 Å². The Bertz CT molecular complexity index is 1060. The lowest BCUT2D eigenvalue weighted by Crippen LogP contribution is -2.06. The number of fused-ring (bicyclic) bond motifs is 1. The summed E-state index contributed by atoms with van der Waals surface area (Å²) in [5.41, 5.74) is 1.84. The number of rotatable bonds is 27. The Morgan fingerprint density at radius 2 is 0.857 bits per heavy atom. The van der Waals surface area contributed by atoms with E-state index in [0.717, 1.165) is 47.6 Å². The van der Waals surface area contributed by atoms with Crippen LogP contribution in [0.25, 0.3) is 10.8 Å². The van der Waals surface area contributed by atoms with Crippen molar-refractivity contribution in [2.45, 2.75) is 186 Å². The van der Waals surface area contributed by atoms with Crippen molar-refractivity contribution in [2.75, 3.05) is 0 Å². The molecule has 0 bridgehead atoms. The third-order valence-electron chi connectivity index (χ3n) is 9.02. The van der Waals surface area contributed by atoms with Crippen molar-refractivity contribution in [3.63, 3.8) is 0 Å². The zero-order valence-electron chi connectivity index (χ0n) is 27.4. The lowest BCUT2D eigenvalue weighted by molar-refractivity contribution is 0.482. The molecule has 2 aromatic rings. The molecule has 240 valence electrons. The van der Waals surface area contributed by atoms with Gasteiger partial charge in [0.15, 0.2) is 0 Å². The second kappa shape index (κ2) is 23.1. The summed E-state index contributed by atoms with van der Waals surface area (Å²) in [5, 5.41) is 1.66. The Morgan fingerprint density at radius 1 is 0.476 bits per heavy atom. The number of benzene rings is 2. The maximum Gasteiger partial charge on any atom is 0.295 e. The van der Waals surface area contributed by atoms with E-state index in [-0.39, 0.29) is 4.90 Å². The lowest BCUT2D eigenvalue weighted by Gasteiger charge is -2.15. The van der Waals surface area contributed by atoms with E-state index < -0.39 is 10.1 Å². The minimum atomic E-state index is -4.30. The monoisotopic (exact) mass is 600 g/mol. The van der Waals surface area contributed by atoms with Gasteiger partial charge in [-0.25, -0.2) is 0 Å². The molecule has 2 aromatic carbocycles. The van der Waals surface area contributed by atoms with Gasteiger partial charge in [0.25, 0.3) is 10.1 Å². The molecule has 2 rings (SSSR count). The summed E-state index contributed by atoms with van der Waals surface area (Å²) in [5.74, 6) is 0. The zero-order valence-corrected chi connectivity index (χ0v) is 28.3. The van der Waals surface area contributed by atoms with E-state index in [1.54, 1.807) is 0 Å². The van der Waals surface area contributed by atoms with Gasteiger partial charge in [0.05, 0.1) is 0 Å². The number of unbranched alkanes of at least 4 members (excludes halogenated alkanes) is 22. The lowest BCUT2D eigenvalue weighted by atomic mass is 9.95. The van der Waals surface area contributed by atoms with Gasteiger partial charge < -0.3 is 0 Å². The third-order valence-corrected chi connectivity index (χ3v) is 10.0. The van der Waals surface area contributed by atoms with E-state index in [1.165, 1.54) is 135 Å². The molecule has 0 aliphatic heterocycles. The number of hydrogen-bond acceptors (Lipinski definition) is 2. The van der Waals surface area contributed by atoms with Crippen LogP contribution < -0.4 is 0 Å². The van der Waals surface area contributed by atoms with Crippen molar-refractivity contribution in [3.05, 3.63) is 41.5 Å². The highest BCUT2D eigenvalue weighted by atomic mass is 32.2. The zero-order chi connectivity index (χ0) is 30.3. The van der Waals surface area contributed by atoms with Crippen LogP contribution in [0.5, 0.6) is 0 Å². The van der Waals surface area contributed by atoms with E-state index >= 15 is 0 Å². The number of hydrogen-bond donors (Lipinski definition) is 1. The molecule has 0 aromatic heterocycles. The minimum Gasteiger partial charge on any atom is -0.282 e. The normalized spacial score (nSPS) is 12.0. The maximum atomic E-state index is 12.7. The van der Waals surface area contributed by atoms with Crippen LogP contribution in [-0.2, 0) is 23.0 Å². The molecular weight excluding hydrogens is 536 g/mol. The molecule has 4 heteroatoms. The van der Waals surface area contributed by atoms with Crippen LogP contribution in [0.2, 0.25) is 0 Å². The van der Waals surface area contributed by atoms with Crippen LogP contribution in [0, 0.1) is 0 Å². The van der Waals surface area contributed by atoms with Gasteiger partial charge in [0.2, 0.25) is 0 Å². The van der Waals surface area contributed by atoms with E-state index in [9.17, 15) is 13.0 Å². The van der Waals surface area contributed by atoms with Crippen molar-refractivity contribution in [2.24, 2.45) is 0 Å². The Morgan fingerprint density at radius 3 is 1.26 bits per heavy atom. The van der Waals surface area contributed by atoms with Crippen LogP contribution in [0.4, 0.5) is 0 Å². The summed E-state index contributed by atoms with van der Waals surface area (Å²) in [6.45, 7) is 4.54. The largest absolute Gasteiger partial charge is 0.295 e. The summed E-state index contributed by atoms with van der Waals surface area (Å²) in [6, 6.07) is 10.0. The van der Waals surface area contributed by atoms with Gasteiger partial charge in [-0.15, -0.1) is 0 Å². The second-order valence-corrected chi connectivity index (χ2v) is 14.2. The summed E-state index contributed by atoms with van der Waals surface area (Å²) in [7, 11) is -4.30. The van der Waals surface area contributed by atoms with Gasteiger partial charge in [-0.2, -0.15) is 8.42 Å². The molecule has 0 aliphatic rings. The predicted molar refractivity (Wildman–Crippen MR) is 183 cm³/mol. The van der Waals surface area contributed by atoms with E-state index in [2.05, 4.69) is 19.9 Å². The number of aryl methyl sites for hydroxylation is 2. The second-order valence-electron chi connectivity index (χ2n) is 12.8. The highest BCUT2D eigenvalue weighted by molar-refractivity contribution is 7.86. The first-order chi connectivity index (χ1) is 20.5. The van der Waals surface area contributed by atoms with Crippen molar-refractivity contribution in [3.8, 4) is 0 Å². The topological polar surface area (TPSA) is 54.4 Å². The van der Waals surface area contributed by atoms with Crippen LogP contribution in [-0.4, -0.2) is 13.0 Å². The Balaban J connectivity index is 1.79. The van der Waals surface area contributed by atoms with Gasteiger partial charge in [-0.05, 0) is 42.2 Å². The summed E-state index contributed by atoms with van der Waals surface area (Å²) in [6.07, 6.45) is 32.7. The highest BCUT2D eigenvalue weighted by Crippen LogP contribution is 2.32. The Labute approximate surface area is 260 Å². The predicted octanol–water partition coefficient (Wildman–Crippen LogP) is 12.6. The maximum absolute atomic E-state index is 12.7. The Hall–Kier alpha value is -1.39. The fourth-order valence-electron chi connectivity index (χ4n) is 6.48. The molecule has 0 aliphatic carbocycles.